The topological polar surface area (TPSA) is 49.9 Å². The minimum atomic E-state index is -0.0351. The number of rotatable bonds is 14. The highest BCUT2D eigenvalue weighted by Gasteiger charge is 2.23. The Labute approximate surface area is 218 Å². The molecule has 0 spiro atoms. The van der Waals surface area contributed by atoms with Crippen LogP contribution >= 0.6 is 0 Å². The molecule has 8 nitrogen and oxygen atoms in total. The van der Waals surface area contributed by atoms with E-state index >= 15 is 0 Å². The molecule has 0 radical (unpaired) electrons. The van der Waals surface area contributed by atoms with E-state index in [0.717, 1.165) is 91.3 Å². The van der Waals surface area contributed by atoms with Crippen molar-refractivity contribution in [1.82, 2.24) is 19.6 Å². The summed E-state index contributed by atoms with van der Waals surface area (Å²) >= 11 is 0. The minimum absolute atomic E-state index is 0.0351. The predicted molar refractivity (Wildman–Crippen MR) is 147 cm³/mol. The lowest BCUT2D eigenvalue weighted by Gasteiger charge is -2.37. The van der Waals surface area contributed by atoms with E-state index in [1.54, 1.807) is 14.2 Å². The van der Waals surface area contributed by atoms with Crippen LogP contribution in [0.4, 0.5) is 0 Å². The van der Waals surface area contributed by atoms with Gasteiger partial charge in [0.2, 0.25) is 0 Å². The molecule has 35 heavy (non-hydrogen) atoms. The Morgan fingerprint density at radius 2 is 1.11 bits per heavy atom. The highest BCUT2D eigenvalue weighted by atomic mass is 16.5. The fourth-order valence-corrected chi connectivity index (χ4v) is 4.54. The first-order valence-corrected chi connectivity index (χ1v) is 14.0. The lowest BCUT2D eigenvalue weighted by Crippen LogP contribution is -2.51. The standard InChI is InChI=1S/C25H54N4O4.C2H6/c1-8-11-24(32-6)21-28-15-13-26(10-3)12-14-27(20-23(9-2)31-5)16-18-29(19-17-28)25(33-7)22-30-4;1-2/h23-25H,8-22H2,1-7H3;1-2H3. The average Bonchev–Trinajstić information content (AvgIpc) is 2.89. The SMILES string of the molecule is CC.CCCC(CN1CCN(CC)CCN(CC(CC)OC)CCN(C(COC)OC)CC1)OC. The number of nitrogens with zero attached hydrogens (tertiary/aromatic N) is 4. The molecule has 1 aliphatic heterocycles. The zero-order chi connectivity index (χ0) is 26.5. The molecular formula is C27H60N4O4. The first-order valence-electron chi connectivity index (χ1n) is 14.0. The molecule has 1 heterocycles. The lowest BCUT2D eigenvalue weighted by molar-refractivity contribution is -0.0806. The Hall–Kier alpha value is -0.320. The average molecular weight is 505 g/mol. The minimum Gasteiger partial charge on any atom is -0.381 e. The van der Waals surface area contributed by atoms with E-state index in [9.17, 15) is 0 Å². The van der Waals surface area contributed by atoms with E-state index in [-0.39, 0.29) is 12.3 Å². The van der Waals surface area contributed by atoms with Crippen molar-refractivity contribution in [3.63, 3.8) is 0 Å². The second kappa shape index (κ2) is 22.8. The third kappa shape index (κ3) is 14.9. The van der Waals surface area contributed by atoms with E-state index in [1.165, 1.54) is 0 Å². The Morgan fingerprint density at radius 1 is 0.629 bits per heavy atom. The maximum Gasteiger partial charge on any atom is 0.133 e. The summed E-state index contributed by atoms with van der Waals surface area (Å²) in [6.45, 7) is 22.5. The van der Waals surface area contributed by atoms with Gasteiger partial charge in [-0.25, -0.2) is 0 Å². The second-order valence-corrected chi connectivity index (χ2v) is 9.13. The van der Waals surface area contributed by atoms with Gasteiger partial charge in [0.05, 0.1) is 18.8 Å². The Morgan fingerprint density at radius 3 is 1.51 bits per heavy atom. The summed E-state index contributed by atoms with van der Waals surface area (Å²) in [5, 5.41) is 0. The molecule has 8 heteroatoms. The van der Waals surface area contributed by atoms with E-state index in [4.69, 9.17) is 18.9 Å². The molecular weight excluding hydrogens is 444 g/mol. The van der Waals surface area contributed by atoms with E-state index in [1.807, 2.05) is 28.1 Å². The first-order chi connectivity index (χ1) is 17.0. The zero-order valence-electron chi connectivity index (χ0n) is 24.8. The molecule has 0 amide bonds. The van der Waals surface area contributed by atoms with Crippen molar-refractivity contribution >= 4 is 0 Å². The van der Waals surface area contributed by atoms with Crippen LogP contribution in [0.2, 0.25) is 0 Å². The van der Waals surface area contributed by atoms with Crippen LogP contribution in [0, 0.1) is 0 Å². The van der Waals surface area contributed by atoms with Crippen LogP contribution in [0.3, 0.4) is 0 Å². The fourth-order valence-electron chi connectivity index (χ4n) is 4.54. The van der Waals surface area contributed by atoms with E-state index < -0.39 is 0 Å². The molecule has 0 bridgehead atoms. The molecule has 1 aliphatic rings. The van der Waals surface area contributed by atoms with Gasteiger partial charge in [-0.15, -0.1) is 0 Å². The maximum atomic E-state index is 5.83. The monoisotopic (exact) mass is 504 g/mol. The summed E-state index contributed by atoms with van der Waals surface area (Å²) in [5.41, 5.74) is 0. The van der Waals surface area contributed by atoms with Gasteiger partial charge in [0.25, 0.3) is 0 Å². The summed E-state index contributed by atoms with van der Waals surface area (Å²) in [6, 6.07) is 0. The molecule has 0 saturated carbocycles. The predicted octanol–water partition coefficient (Wildman–Crippen LogP) is 3.11. The van der Waals surface area contributed by atoms with Gasteiger partial charge in [0, 0.05) is 93.9 Å². The van der Waals surface area contributed by atoms with Gasteiger partial charge in [0.15, 0.2) is 0 Å². The van der Waals surface area contributed by atoms with Gasteiger partial charge in [-0.05, 0) is 19.4 Å². The number of hydrogen-bond donors (Lipinski definition) is 0. The van der Waals surface area contributed by atoms with E-state index in [2.05, 4.69) is 40.4 Å². The van der Waals surface area contributed by atoms with Crippen molar-refractivity contribution in [2.75, 3.05) is 107 Å². The van der Waals surface area contributed by atoms with Gasteiger partial charge in [-0.2, -0.15) is 0 Å². The molecule has 212 valence electrons. The smallest absolute Gasteiger partial charge is 0.133 e. The molecule has 0 aliphatic carbocycles. The van der Waals surface area contributed by atoms with E-state index in [0.29, 0.717) is 12.7 Å². The van der Waals surface area contributed by atoms with Crippen LogP contribution in [-0.4, -0.2) is 145 Å². The normalized spacial score (nSPS) is 20.8. The zero-order valence-corrected chi connectivity index (χ0v) is 24.8. The van der Waals surface area contributed by atoms with Crippen molar-refractivity contribution in [2.24, 2.45) is 0 Å². The molecule has 0 aromatic carbocycles. The third-order valence-corrected chi connectivity index (χ3v) is 6.96. The molecule has 3 unspecified atom stereocenters. The van der Waals surface area contributed by atoms with Gasteiger partial charge in [-0.3, -0.25) is 14.7 Å². The quantitative estimate of drug-likeness (QED) is 0.358. The summed E-state index contributed by atoms with van der Waals surface area (Å²) < 4.78 is 22.8. The highest BCUT2D eigenvalue weighted by Crippen LogP contribution is 2.10. The molecule has 1 rings (SSSR count). The number of ether oxygens (including phenoxy) is 4. The molecule has 0 aromatic rings. The van der Waals surface area contributed by atoms with Crippen LogP contribution in [0.1, 0.15) is 53.9 Å². The fraction of sp³-hybridized carbons (Fsp3) is 1.00. The van der Waals surface area contributed by atoms with Crippen LogP contribution in [0.15, 0.2) is 0 Å². The van der Waals surface area contributed by atoms with Crippen LogP contribution in [0.25, 0.3) is 0 Å². The molecule has 0 aromatic heterocycles. The first kappa shape index (κ1) is 34.7. The second-order valence-electron chi connectivity index (χ2n) is 9.13. The third-order valence-electron chi connectivity index (χ3n) is 6.96. The van der Waals surface area contributed by atoms with Crippen molar-refractivity contribution < 1.29 is 18.9 Å². The molecule has 0 N–H and O–H groups in total. The number of methoxy groups -OCH3 is 4. The molecule has 1 saturated heterocycles. The number of hydrogen-bond acceptors (Lipinski definition) is 8. The Kier molecular flexibility index (Phi) is 22.6. The van der Waals surface area contributed by atoms with Gasteiger partial charge in [-0.1, -0.05) is 41.0 Å². The molecule has 1 fully saturated rings. The van der Waals surface area contributed by atoms with Crippen molar-refractivity contribution in [3.05, 3.63) is 0 Å². The number of likely N-dealkylation sites (N-methyl/N-ethyl adjacent to an activating group) is 1. The van der Waals surface area contributed by atoms with Gasteiger partial charge >= 0.3 is 0 Å². The van der Waals surface area contributed by atoms with Crippen LogP contribution in [0.5, 0.6) is 0 Å². The largest absolute Gasteiger partial charge is 0.381 e. The lowest BCUT2D eigenvalue weighted by atomic mass is 10.2. The van der Waals surface area contributed by atoms with Crippen molar-refractivity contribution in [2.45, 2.75) is 72.3 Å². The summed E-state index contributed by atoms with van der Waals surface area (Å²) in [7, 11) is 7.21. The maximum absolute atomic E-state index is 5.83. The van der Waals surface area contributed by atoms with Crippen LogP contribution < -0.4 is 0 Å². The molecule has 3 atom stereocenters. The Balaban J connectivity index is 0.00000562. The highest BCUT2D eigenvalue weighted by molar-refractivity contribution is 4.76. The van der Waals surface area contributed by atoms with Gasteiger partial charge in [0.1, 0.15) is 6.23 Å². The van der Waals surface area contributed by atoms with Gasteiger partial charge < -0.3 is 23.8 Å². The summed E-state index contributed by atoms with van der Waals surface area (Å²) in [4.78, 5) is 10.2. The van der Waals surface area contributed by atoms with Crippen LogP contribution in [-0.2, 0) is 18.9 Å². The van der Waals surface area contributed by atoms with Crippen molar-refractivity contribution in [1.29, 1.82) is 0 Å². The van der Waals surface area contributed by atoms with Crippen molar-refractivity contribution in [3.8, 4) is 0 Å². The summed E-state index contributed by atoms with van der Waals surface area (Å²) in [5.74, 6) is 0. The summed E-state index contributed by atoms with van der Waals surface area (Å²) in [6.07, 6.45) is 3.82. The Bertz CT molecular complexity index is 457.